The molecule has 2 rings (SSSR count). The molecule has 2 N–H and O–H groups in total. The van der Waals surface area contributed by atoms with Gasteiger partial charge in [0.05, 0.1) is 5.92 Å². The highest BCUT2D eigenvalue weighted by Crippen LogP contribution is 2.25. The van der Waals surface area contributed by atoms with Gasteiger partial charge >= 0.3 is 5.97 Å². The van der Waals surface area contributed by atoms with E-state index in [1.165, 1.54) is 0 Å². The van der Waals surface area contributed by atoms with Crippen molar-refractivity contribution in [3.05, 3.63) is 0 Å². The fraction of sp³-hybridized carbons (Fsp3) is 0.812. The van der Waals surface area contributed by atoms with Gasteiger partial charge in [0.1, 0.15) is 6.04 Å². The van der Waals surface area contributed by atoms with Crippen LogP contribution in [0.3, 0.4) is 0 Å². The van der Waals surface area contributed by atoms with Crippen LogP contribution >= 0.6 is 0 Å². The smallest absolute Gasteiger partial charge is 0.308 e. The molecule has 2 amide bonds. The quantitative estimate of drug-likeness (QED) is 0.818. The molecule has 22 heavy (non-hydrogen) atoms. The van der Waals surface area contributed by atoms with E-state index in [4.69, 9.17) is 0 Å². The fourth-order valence-corrected chi connectivity index (χ4v) is 3.57. The summed E-state index contributed by atoms with van der Waals surface area (Å²) in [6.45, 7) is 4.44. The molecule has 1 aliphatic carbocycles. The maximum absolute atomic E-state index is 12.5. The van der Waals surface area contributed by atoms with Crippen LogP contribution in [0.25, 0.3) is 0 Å². The van der Waals surface area contributed by atoms with Gasteiger partial charge in [-0.1, -0.05) is 19.8 Å². The number of amides is 2. The summed E-state index contributed by atoms with van der Waals surface area (Å²) in [6, 6.07) is -0.590. The van der Waals surface area contributed by atoms with E-state index in [0.29, 0.717) is 13.0 Å². The van der Waals surface area contributed by atoms with Crippen molar-refractivity contribution in [3.8, 4) is 0 Å². The average Bonchev–Trinajstić information content (AvgIpc) is 2.99. The molecule has 3 atom stereocenters. The molecule has 0 bridgehead atoms. The van der Waals surface area contributed by atoms with Crippen molar-refractivity contribution in [2.24, 2.45) is 17.8 Å². The molecule has 6 nitrogen and oxygen atoms in total. The summed E-state index contributed by atoms with van der Waals surface area (Å²) in [5, 5.41) is 12.0. The van der Waals surface area contributed by atoms with Crippen LogP contribution in [0.15, 0.2) is 0 Å². The van der Waals surface area contributed by atoms with Crippen molar-refractivity contribution in [1.29, 1.82) is 0 Å². The molecule has 124 valence electrons. The first kappa shape index (κ1) is 16.8. The van der Waals surface area contributed by atoms with Crippen LogP contribution in [-0.2, 0) is 14.4 Å². The van der Waals surface area contributed by atoms with Gasteiger partial charge in [0.15, 0.2) is 0 Å². The minimum absolute atomic E-state index is 0.0299. The van der Waals surface area contributed by atoms with Crippen molar-refractivity contribution in [1.82, 2.24) is 10.2 Å². The van der Waals surface area contributed by atoms with Crippen LogP contribution in [0.1, 0.15) is 46.0 Å². The molecule has 0 aromatic carbocycles. The number of likely N-dealkylation sites (tertiary alicyclic amines) is 1. The Bertz CT molecular complexity index is 445. The van der Waals surface area contributed by atoms with Gasteiger partial charge in [0.25, 0.3) is 0 Å². The molecule has 0 spiro atoms. The highest BCUT2D eigenvalue weighted by molar-refractivity contribution is 5.88. The fourth-order valence-electron chi connectivity index (χ4n) is 3.57. The summed E-state index contributed by atoms with van der Waals surface area (Å²) >= 11 is 0. The van der Waals surface area contributed by atoms with Crippen LogP contribution in [-0.4, -0.2) is 46.9 Å². The van der Waals surface area contributed by atoms with Gasteiger partial charge in [-0.25, -0.2) is 0 Å². The van der Waals surface area contributed by atoms with Crippen molar-refractivity contribution >= 4 is 17.8 Å². The number of hydrogen-bond acceptors (Lipinski definition) is 3. The van der Waals surface area contributed by atoms with E-state index >= 15 is 0 Å². The Morgan fingerprint density at radius 1 is 1.14 bits per heavy atom. The van der Waals surface area contributed by atoms with Crippen molar-refractivity contribution < 1.29 is 19.5 Å². The molecule has 0 radical (unpaired) electrons. The van der Waals surface area contributed by atoms with E-state index in [0.717, 1.165) is 25.7 Å². The van der Waals surface area contributed by atoms with Gasteiger partial charge in [0.2, 0.25) is 11.8 Å². The number of carboxylic acid groups (broad SMARTS) is 1. The maximum Gasteiger partial charge on any atom is 0.308 e. The van der Waals surface area contributed by atoms with E-state index in [1.54, 1.807) is 11.8 Å². The Morgan fingerprint density at radius 3 is 2.36 bits per heavy atom. The van der Waals surface area contributed by atoms with E-state index < -0.39 is 17.9 Å². The van der Waals surface area contributed by atoms with Crippen LogP contribution in [0.4, 0.5) is 0 Å². The SMILES string of the molecule is CC1CC(C(=O)O)CN(C(=O)C(C)NC(=O)C2CCCC2)C1. The molecule has 1 aliphatic heterocycles. The molecule has 0 aromatic rings. The van der Waals surface area contributed by atoms with Gasteiger partial charge in [-0.05, 0) is 32.1 Å². The molecule has 2 fully saturated rings. The summed E-state index contributed by atoms with van der Waals surface area (Å²) < 4.78 is 0. The largest absolute Gasteiger partial charge is 0.481 e. The standard InChI is InChI=1S/C16H26N2O4/c1-10-7-13(16(21)22)9-18(8-10)15(20)11(2)17-14(19)12-5-3-4-6-12/h10-13H,3-9H2,1-2H3,(H,17,19)(H,21,22). The number of rotatable bonds is 4. The number of hydrogen-bond donors (Lipinski definition) is 2. The lowest BCUT2D eigenvalue weighted by molar-refractivity contribution is -0.148. The zero-order chi connectivity index (χ0) is 16.3. The first-order chi connectivity index (χ1) is 10.4. The number of nitrogens with one attached hydrogen (secondary N) is 1. The molecular weight excluding hydrogens is 284 g/mol. The first-order valence-electron chi connectivity index (χ1n) is 8.20. The monoisotopic (exact) mass is 310 g/mol. The van der Waals surface area contributed by atoms with Gasteiger partial charge in [0, 0.05) is 19.0 Å². The molecule has 1 saturated carbocycles. The third-order valence-corrected chi connectivity index (χ3v) is 4.78. The normalized spacial score (nSPS) is 27.5. The molecule has 6 heteroatoms. The summed E-state index contributed by atoms with van der Waals surface area (Å²) in [6.07, 6.45) is 4.54. The number of piperidine rings is 1. The lowest BCUT2D eigenvalue weighted by Gasteiger charge is -2.36. The maximum atomic E-state index is 12.5. The second-order valence-electron chi connectivity index (χ2n) is 6.83. The second kappa shape index (κ2) is 7.11. The number of nitrogens with zero attached hydrogens (tertiary/aromatic N) is 1. The predicted octanol–water partition coefficient (Wildman–Crippen LogP) is 1.25. The van der Waals surface area contributed by atoms with E-state index in [9.17, 15) is 19.5 Å². The van der Waals surface area contributed by atoms with Crippen molar-refractivity contribution in [2.45, 2.75) is 52.0 Å². The van der Waals surface area contributed by atoms with Crippen molar-refractivity contribution in [3.63, 3.8) is 0 Å². The Morgan fingerprint density at radius 2 is 1.77 bits per heavy atom. The number of carbonyl (C=O) groups excluding carboxylic acids is 2. The Labute approximate surface area is 131 Å². The third-order valence-electron chi connectivity index (χ3n) is 4.78. The number of carboxylic acids is 1. The van der Waals surface area contributed by atoms with Gasteiger partial charge in [-0.15, -0.1) is 0 Å². The molecular formula is C16H26N2O4. The summed E-state index contributed by atoms with van der Waals surface area (Å²) in [4.78, 5) is 37.4. The first-order valence-corrected chi connectivity index (χ1v) is 8.20. The molecule has 0 aromatic heterocycles. The minimum Gasteiger partial charge on any atom is -0.481 e. The highest BCUT2D eigenvalue weighted by Gasteiger charge is 2.34. The van der Waals surface area contributed by atoms with Gasteiger partial charge in [-0.3, -0.25) is 14.4 Å². The van der Waals surface area contributed by atoms with Gasteiger partial charge in [-0.2, -0.15) is 0 Å². The summed E-state index contributed by atoms with van der Waals surface area (Å²) in [7, 11) is 0. The van der Waals surface area contributed by atoms with Crippen LogP contribution < -0.4 is 5.32 Å². The third kappa shape index (κ3) is 3.99. The summed E-state index contributed by atoms with van der Waals surface area (Å²) in [5.41, 5.74) is 0. The Hall–Kier alpha value is -1.59. The van der Waals surface area contributed by atoms with E-state index in [-0.39, 0.29) is 30.2 Å². The topological polar surface area (TPSA) is 86.7 Å². The van der Waals surface area contributed by atoms with Gasteiger partial charge < -0.3 is 15.3 Å². The molecule has 1 saturated heterocycles. The molecule has 1 heterocycles. The van der Waals surface area contributed by atoms with Crippen LogP contribution in [0.2, 0.25) is 0 Å². The predicted molar refractivity (Wildman–Crippen MR) is 81.0 cm³/mol. The number of aliphatic carboxylic acids is 1. The number of carbonyl (C=O) groups is 3. The zero-order valence-corrected chi connectivity index (χ0v) is 13.4. The van der Waals surface area contributed by atoms with Crippen molar-refractivity contribution in [2.75, 3.05) is 13.1 Å². The minimum atomic E-state index is -0.855. The lowest BCUT2D eigenvalue weighted by Crippen LogP contribution is -2.53. The molecule has 2 aliphatic rings. The lowest BCUT2D eigenvalue weighted by atomic mass is 9.90. The second-order valence-corrected chi connectivity index (χ2v) is 6.83. The van der Waals surface area contributed by atoms with Crippen LogP contribution in [0.5, 0.6) is 0 Å². The summed E-state index contributed by atoms with van der Waals surface area (Å²) in [5.74, 6) is -1.39. The zero-order valence-electron chi connectivity index (χ0n) is 13.4. The van der Waals surface area contributed by atoms with Crippen LogP contribution in [0, 0.1) is 17.8 Å². The Kier molecular flexibility index (Phi) is 5.42. The average molecular weight is 310 g/mol. The van der Waals surface area contributed by atoms with E-state index in [1.807, 2.05) is 6.92 Å². The van der Waals surface area contributed by atoms with E-state index in [2.05, 4.69) is 5.32 Å². The Balaban J connectivity index is 1.91. The molecule has 3 unspecified atom stereocenters. The highest BCUT2D eigenvalue weighted by atomic mass is 16.4.